The second kappa shape index (κ2) is 8.75. The fraction of sp³-hybridized carbons (Fsp3) is 0. The van der Waals surface area contributed by atoms with Crippen LogP contribution in [0.15, 0.2) is 127 Å². The molecule has 3 aromatic carbocycles. The van der Waals surface area contributed by atoms with Crippen LogP contribution in [0.3, 0.4) is 0 Å². The van der Waals surface area contributed by atoms with Crippen molar-refractivity contribution in [3.8, 4) is 33.2 Å². The van der Waals surface area contributed by atoms with E-state index in [4.69, 9.17) is 4.98 Å². The van der Waals surface area contributed by atoms with Gasteiger partial charge in [0.05, 0.1) is 27.8 Å². The van der Waals surface area contributed by atoms with E-state index in [1.165, 1.54) is 15.8 Å². The molecule has 0 aliphatic carbocycles. The van der Waals surface area contributed by atoms with Crippen molar-refractivity contribution in [1.82, 2.24) is 24.1 Å². The van der Waals surface area contributed by atoms with Crippen LogP contribution >= 0.6 is 11.3 Å². The largest absolute Gasteiger partial charge is 0.309 e. The van der Waals surface area contributed by atoms with Crippen molar-refractivity contribution in [2.45, 2.75) is 0 Å². The van der Waals surface area contributed by atoms with Crippen molar-refractivity contribution in [2.24, 2.45) is 0 Å². The lowest BCUT2D eigenvalue weighted by atomic mass is 10.1. The molecule has 5 heterocycles. The van der Waals surface area contributed by atoms with Crippen LogP contribution in [0, 0.1) is 0 Å². The van der Waals surface area contributed by atoms with Gasteiger partial charge in [-0.2, -0.15) is 0 Å². The molecule has 184 valence electrons. The van der Waals surface area contributed by atoms with E-state index in [1.807, 2.05) is 49.1 Å². The minimum atomic E-state index is 0.875. The molecular weight excluding hydrogens is 498 g/mol. The van der Waals surface area contributed by atoms with Gasteiger partial charge in [0.1, 0.15) is 5.82 Å². The molecule has 0 fully saturated rings. The maximum Gasteiger partial charge on any atom is 0.145 e. The van der Waals surface area contributed by atoms with E-state index < -0.39 is 0 Å². The van der Waals surface area contributed by atoms with Gasteiger partial charge in [-0.15, -0.1) is 11.3 Å². The van der Waals surface area contributed by atoms with Crippen LogP contribution in [0.4, 0.5) is 0 Å². The standard InChI is InChI=1S/C33H21N5S/c1-2-7-23(8-3-1)37-27-10-5-4-9-25(27)30-31-28(21-26(32(30)37)29-11-6-20-39-29)38(24-14-18-35-19-15-24)33(36-31)22-12-16-34-17-13-22/h1-21H. The summed E-state index contributed by atoms with van der Waals surface area (Å²) in [6, 6.07) is 34.0. The molecule has 0 saturated heterocycles. The number of benzene rings is 3. The zero-order valence-electron chi connectivity index (χ0n) is 20.8. The molecule has 8 aromatic rings. The maximum atomic E-state index is 5.37. The van der Waals surface area contributed by atoms with E-state index in [0.717, 1.165) is 50.2 Å². The highest BCUT2D eigenvalue weighted by atomic mass is 32.1. The fourth-order valence-corrected chi connectivity index (χ4v) is 6.35. The van der Waals surface area contributed by atoms with Gasteiger partial charge in [0.15, 0.2) is 0 Å². The lowest BCUT2D eigenvalue weighted by molar-refractivity contribution is 1.09. The number of hydrogen-bond donors (Lipinski definition) is 0. The highest BCUT2D eigenvalue weighted by molar-refractivity contribution is 7.13. The number of rotatable bonds is 4. The number of aromatic nitrogens is 5. The Morgan fingerprint density at radius 3 is 2.10 bits per heavy atom. The number of hydrogen-bond acceptors (Lipinski definition) is 4. The smallest absolute Gasteiger partial charge is 0.145 e. The number of fused-ring (bicyclic) bond motifs is 5. The quantitative estimate of drug-likeness (QED) is 0.235. The summed E-state index contributed by atoms with van der Waals surface area (Å²) in [6.45, 7) is 0. The third-order valence-corrected chi connectivity index (χ3v) is 8.12. The zero-order chi connectivity index (χ0) is 25.8. The molecular formula is C33H21N5S. The molecule has 0 spiro atoms. The first-order valence-electron chi connectivity index (χ1n) is 12.8. The zero-order valence-corrected chi connectivity index (χ0v) is 21.6. The van der Waals surface area contributed by atoms with Crippen LogP contribution in [-0.2, 0) is 0 Å². The lowest BCUT2D eigenvalue weighted by Crippen LogP contribution is -1.98. The molecule has 0 aliphatic rings. The lowest BCUT2D eigenvalue weighted by Gasteiger charge is -2.13. The van der Waals surface area contributed by atoms with Gasteiger partial charge in [0.25, 0.3) is 0 Å². The number of pyridine rings is 2. The van der Waals surface area contributed by atoms with Crippen molar-refractivity contribution < 1.29 is 0 Å². The number of nitrogens with zero attached hydrogens (tertiary/aromatic N) is 5. The van der Waals surface area contributed by atoms with E-state index in [2.05, 4.69) is 97.3 Å². The van der Waals surface area contributed by atoms with E-state index in [0.29, 0.717) is 0 Å². The molecule has 6 heteroatoms. The molecule has 39 heavy (non-hydrogen) atoms. The van der Waals surface area contributed by atoms with Crippen molar-refractivity contribution in [3.63, 3.8) is 0 Å². The van der Waals surface area contributed by atoms with Gasteiger partial charge in [-0.25, -0.2) is 4.98 Å². The topological polar surface area (TPSA) is 48.5 Å². The van der Waals surface area contributed by atoms with Gasteiger partial charge in [-0.05, 0) is 60.0 Å². The molecule has 0 amide bonds. The third-order valence-electron chi connectivity index (χ3n) is 7.22. The molecule has 0 saturated carbocycles. The summed E-state index contributed by atoms with van der Waals surface area (Å²) in [5, 5.41) is 4.47. The van der Waals surface area contributed by atoms with Gasteiger partial charge in [0.2, 0.25) is 0 Å². The normalized spacial score (nSPS) is 11.6. The first-order chi connectivity index (χ1) is 19.4. The Bertz CT molecular complexity index is 2090. The van der Waals surface area contributed by atoms with Crippen LogP contribution in [0.25, 0.3) is 66.0 Å². The Morgan fingerprint density at radius 1 is 0.615 bits per heavy atom. The average molecular weight is 520 g/mol. The van der Waals surface area contributed by atoms with Gasteiger partial charge < -0.3 is 4.57 Å². The highest BCUT2D eigenvalue weighted by Gasteiger charge is 2.24. The Balaban J connectivity index is 1.63. The summed E-state index contributed by atoms with van der Waals surface area (Å²) in [7, 11) is 0. The second-order valence-corrected chi connectivity index (χ2v) is 10.3. The molecule has 0 unspecified atom stereocenters. The Hall–Kier alpha value is -5.07. The van der Waals surface area contributed by atoms with Crippen molar-refractivity contribution in [3.05, 3.63) is 127 Å². The number of para-hydroxylation sites is 2. The highest BCUT2D eigenvalue weighted by Crippen LogP contribution is 2.44. The summed E-state index contributed by atoms with van der Waals surface area (Å²) < 4.78 is 4.63. The van der Waals surface area contributed by atoms with Crippen LogP contribution in [-0.4, -0.2) is 24.1 Å². The summed E-state index contributed by atoms with van der Waals surface area (Å²) >= 11 is 1.76. The second-order valence-electron chi connectivity index (χ2n) is 9.39. The molecule has 0 aliphatic heterocycles. The minimum absolute atomic E-state index is 0.875. The minimum Gasteiger partial charge on any atom is -0.309 e. The van der Waals surface area contributed by atoms with E-state index in [1.54, 1.807) is 11.3 Å². The van der Waals surface area contributed by atoms with Gasteiger partial charge in [-0.1, -0.05) is 42.5 Å². The SMILES string of the molecule is c1ccc(-n2c3ccccc3c3c4nc(-c5ccncc5)n(-c5ccncc5)c4cc(-c4cccs4)c32)cc1. The molecule has 0 atom stereocenters. The summed E-state index contributed by atoms with van der Waals surface area (Å²) in [5.41, 5.74) is 8.69. The monoisotopic (exact) mass is 519 g/mol. The van der Waals surface area contributed by atoms with Gasteiger partial charge in [-0.3, -0.25) is 14.5 Å². The van der Waals surface area contributed by atoms with Crippen LogP contribution in [0.2, 0.25) is 0 Å². The summed E-state index contributed by atoms with van der Waals surface area (Å²) in [4.78, 5) is 15.1. The number of thiophene rings is 1. The predicted octanol–water partition coefficient (Wildman–Crippen LogP) is 8.31. The van der Waals surface area contributed by atoms with E-state index in [9.17, 15) is 0 Å². The van der Waals surface area contributed by atoms with Gasteiger partial charge in [0, 0.05) is 57.3 Å². The molecule has 0 bridgehead atoms. The predicted molar refractivity (Wildman–Crippen MR) is 160 cm³/mol. The molecule has 0 radical (unpaired) electrons. The Kier molecular flexibility index (Phi) is 4.93. The first kappa shape index (κ1) is 22.0. The van der Waals surface area contributed by atoms with Crippen molar-refractivity contribution in [1.29, 1.82) is 0 Å². The van der Waals surface area contributed by atoms with E-state index in [-0.39, 0.29) is 0 Å². The van der Waals surface area contributed by atoms with Crippen LogP contribution in [0.1, 0.15) is 0 Å². The molecule has 5 aromatic heterocycles. The third kappa shape index (κ3) is 3.35. The number of imidazole rings is 1. The molecule has 5 nitrogen and oxygen atoms in total. The van der Waals surface area contributed by atoms with Crippen molar-refractivity contribution >= 4 is 44.2 Å². The Labute approximate surface area is 228 Å². The molecule has 0 N–H and O–H groups in total. The van der Waals surface area contributed by atoms with Crippen molar-refractivity contribution in [2.75, 3.05) is 0 Å². The fourth-order valence-electron chi connectivity index (χ4n) is 5.60. The van der Waals surface area contributed by atoms with Crippen LogP contribution in [0.5, 0.6) is 0 Å². The summed E-state index contributed by atoms with van der Waals surface area (Å²) in [5.74, 6) is 0.875. The van der Waals surface area contributed by atoms with Gasteiger partial charge >= 0.3 is 0 Å². The summed E-state index contributed by atoms with van der Waals surface area (Å²) in [6.07, 6.45) is 7.30. The van der Waals surface area contributed by atoms with Crippen LogP contribution < -0.4 is 0 Å². The maximum absolute atomic E-state index is 5.37. The molecule has 8 rings (SSSR count). The Morgan fingerprint density at radius 2 is 1.33 bits per heavy atom. The average Bonchev–Trinajstić information content (AvgIpc) is 3.74. The first-order valence-corrected chi connectivity index (χ1v) is 13.6. The van der Waals surface area contributed by atoms with E-state index >= 15 is 0 Å².